The van der Waals surface area contributed by atoms with E-state index in [1.54, 1.807) is 6.92 Å². The molecule has 0 amide bonds. The molecule has 0 fully saturated rings. The lowest BCUT2D eigenvalue weighted by atomic mass is 10.1. The number of carbonyl (C=O) groups is 2. The molecule has 138 valence electrons. The average molecular weight is 379 g/mol. The van der Waals surface area contributed by atoms with E-state index in [2.05, 4.69) is 4.72 Å². The molecule has 0 spiro atoms. The van der Waals surface area contributed by atoms with E-state index in [0.717, 1.165) is 6.07 Å². The molecule has 0 bridgehead atoms. The summed E-state index contributed by atoms with van der Waals surface area (Å²) in [4.78, 5) is 22.2. The van der Waals surface area contributed by atoms with Crippen LogP contribution in [-0.2, 0) is 16.6 Å². The first-order valence-corrected chi connectivity index (χ1v) is 8.87. The number of aromatic carboxylic acids is 2. The molecule has 0 saturated carbocycles. The first kappa shape index (κ1) is 19.4. The number of carboxylic acid groups (broad SMARTS) is 2. The van der Waals surface area contributed by atoms with E-state index in [1.165, 1.54) is 37.4 Å². The summed E-state index contributed by atoms with van der Waals surface area (Å²) in [5, 5.41) is 18.1. The van der Waals surface area contributed by atoms with E-state index < -0.39 is 22.0 Å². The lowest BCUT2D eigenvalue weighted by Gasteiger charge is -2.10. The van der Waals surface area contributed by atoms with Crippen LogP contribution < -0.4 is 9.46 Å². The normalized spacial score (nSPS) is 11.2. The van der Waals surface area contributed by atoms with Crippen molar-refractivity contribution in [1.82, 2.24) is 4.72 Å². The van der Waals surface area contributed by atoms with Crippen LogP contribution in [0.4, 0.5) is 0 Å². The molecule has 0 atom stereocenters. The van der Waals surface area contributed by atoms with Crippen molar-refractivity contribution in [3.8, 4) is 5.75 Å². The van der Waals surface area contributed by atoms with Gasteiger partial charge in [-0.3, -0.25) is 0 Å². The monoisotopic (exact) mass is 379 g/mol. The predicted molar refractivity (Wildman–Crippen MR) is 92.1 cm³/mol. The maximum absolute atomic E-state index is 12.4. The van der Waals surface area contributed by atoms with Gasteiger partial charge in [-0.25, -0.2) is 22.7 Å². The number of hydrogen-bond acceptors (Lipinski definition) is 5. The zero-order valence-corrected chi connectivity index (χ0v) is 14.8. The minimum atomic E-state index is -3.87. The Morgan fingerprint density at radius 2 is 1.62 bits per heavy atom. The number of rotatable bonds is 7. The van der Waals surface area contributed by atoms with E-state index in [4.69, 9.17) is 14.9 Å². The number of benzene rings is 2. The van der Waals surface area contributed by atoms with Crippen molar-refractivity contribution < 1.29 is 33.0 Å². The first-order valence-electron chi connectivity index (χ1n) is 7.39. The fraction of sp³-hybridized carbons (Fsp3) is 0.176. The van der Waals surface area contributed by atoms with Crippen LogP contribution in [0.3, 0.4) is 0 Å². The average Bonchev–Trinajstić information content (AvgIpc) is 2.59. The molecule has 2 rings (SSSR count). The Kier molecular flexibility index (Phi) is 5.63. The quantitative estimate of drug-likeness (QED) is 0.669. The molecule has 0 heterocycles. The second-order valence-corrected chi connectivity index (χ2v) is 7.25. The topological polar surface area (TPSA) is 130 Å². The van der Waals surface area contributed by atoms with Crippen LogP contribution in [0.15, 0.2) is 41.3 Å². The fourth-order valence-corrected chi connectivity index (χ4v) is 3.42. The minimum absolute atomic E-state index is 0.0173. The number of aryl methyl sites for hydroxylation is 1. The molecule has 26 heavy (non-hydrogen) atoms. The second kappa shape index (κ2) is 7.54. The number of methoxy groups -OCH3 is 1. The Balaban J connectivity index is 2.28. The molecule has 0 saturated heterocycles. The van der Waals surface area contributed by atoms with Crippen LogP contribution >= 0.6 is 0 Å². The Bertz CT molecular complexity index is 935. The zero-order valence-electron chi connectivity index (χ0n) is 14.0. The van der Waals surface area contributed by atoms with Crippen molar-refractivity contribution in [2.45, 2.75) is 18.4 Å². The van der Waals surface area contributed by atoms with Crippen LogP contribution in [0.25, 0.3) is 0 Å². The molecule has 0 radical (unpaired) electrons. The summed E-state index contributed by atoms with van der Waals surface area (Å²) >= 11 is 0. The highest BCUT2D eigenvalue weighted by Gasteiger charge is 2.17. The summed E-state index contributed by atoms with van der Waals surface area (Å²) in [6.07, 6.45) is 0. The van der Waals surface area contributed by atoms with Gasteiger partial charge >= 0.3 is 11.9 Å². The molecule has 2 aromatic carbocycles. The predicted octanol–water partition coefficient (Wildman–Crippen LogP) is 1.88. The number of ether oxygens (including phenoxy) is 1. The van der Waals surface area contributed by atoms with Crippen molar-refractivity contribution in [2.75, 3.05) is 7.11 Å². The molecule has 0 aliphatic carbocycles. The smallest absolute Gasteiger partial charge is 0.335 e. The van der Waals surface area contributed by atoms with Crippen LogP contribution in [0.2, 0.25) is 0 Å². The maximum Gasteiger partial charge on any atom is 0.335 e. The van der Waals surface area contributed by atoms with Crippen LogP contribution in [0, 0.1) is 6.92 Å². The third-order valence-corrected chi connectivity index (χ3v) is 5.03. The lowest BCUT2D eigenvalue weighted by Crippen LogP contribution is -2.23. The van der Waals surface area contributed by atoms with Crippen molar-refractivity contribution in [2.24, 2.45) is 0 Å². The molecule has 3 N–H and O–H groups in total. The van der Waals surface area contributed by atoms with Crippen LogP contribution in [-0.4, -0.2) is 37.7 Å². The summed E-state index contributed by atoms with van der Waals surface area (Å²) in [7, 11) is -2.40. The van der Waals surface area contributed by atoms with Gasteiger partial charge in [0.2, 0.25) is 10.0 Å². The standard InChI is InChI=1S/C17H17NO7S/c1-10-5-14(3-4-15(10)25-2)26(23,24)18-9-11-6-12(16(19)20)8-13(7-11)17(21)22/h3-8,18H,9H2,1-2H3,(H,19,20)(H,21,22). The largest absolute Gasteiger partial charge is 0.496 e. The van der Waals surface area contributed by atoms with E-state index in [0.29, 0.717) is 11.3 Å². The number of hydrogen-bond donors (Lipinski definition) is 3. The van der Waals surface area contributed by atoms with Crippen molar-refractivity contribution in [1.29, 1.82) is 0 Å². The van der Waals surface area contributed by atoms with Gasteiger partial charge in [-0.1, -0.05) is 0 Å². The number of carboxylic acids is 2. The molecule has 0 aliphatic rings. The SMILES string of the molecule is COc1ccc(S(=O)(=O)NCc2cc(C(=O)O)cc(C(=O)O)c2)cc1C. The van der Waals surface area contributed by atoms with Gasteiger partial charge in [0.15, 0.2) is 0 Å². The van der Waals surface area contributed by atoms with E-state index in [9.17, 15) is 18.0 Å². The van der Waals surface area contributed by atoms with E-state index >= 15 is 0 Å². The highest BCUT2D eigenvalue weighted by Crippen LogP contribution is 2.21. The highest BCUT2D eigenvalue weighted by molar-refractivity contribution is 7.89. The Hall–Kier alpha value is -2.91. The van der Waals surface area contributed by atoms with Crippen molar-refractivity contribution in [3.63, 3.8) is 0 Å². The van der Waals surface area contributed by atoms with Gasteiger partial charge in [0.1, 0.15) is 5.75 Å². The van der Waals surface area contributed by atoms with Gasteiger partial charge in [-0.15, -0.1) is 0 Å². The third-order valence-electron chi connectivity index (χ3n) is 3.63. The van der Waals surface area contributed by atoms with Gasteiger partial charge in [0.05, 0.1) is 23.1 Å². The minimum Gasteiger partial charge on any atom is -0.496 e. The van der Waals surface area contributed by atoms with Crippen LogP contribution in [0.1, 0.15) is 31.8 Å². The Morgan fingerprint density at radius 1 is 1.04 bits per heavy atom. The van der Waals surface area contributed by atoms with Gasteiger partial charge in [-0.05, 0) is 54.4 Å². The van der Waals surface area contributed by atoms with Gasteiger partial charge in [0.25, 0.3) is 0 Å². The second-order valence-electron chi connectivity index (χ2n) is 5.48. The lowest BCUT2D eigenvalue weighted by molar-refractivity contribution is 0.0696. The summed E-state index contributed by atoms with van der Waals surface area (Å²) in [6.45, 7) is 1.45. The van der Waals surface area contributed by atoms with Gasteiger partial charge < -0.3 is 14.9 Å². The highest BCUT2D eigenvalue weighted by atomic mass is 32.2. The summed E-state index contributed by atoms with van der Waals surface area (Å²) in [5.41, 5.74) is 0.381. The first-order chi connectivity index (χ1) is 12.1. The molecule has 2 aromatic rings. The van der Waals surface area contributed by atoms with Crippen molar-refractivity contribution in [3.05, 3.63) is 58.7 Å². The third kappa shape index (κ3) is 4.38. The van der Waals surface area contributed by atoms with E-state index in [1.807, 2.05) is 0 Å². The number of sulfonamides is 1. The number of nitrogens with one attached hydrogen (secondary N) is 1. The molecular weight excluding hydrogens is 362 g/mol. The molecular formula is C17H17NO7S. The fourth-order valence-electron chi connectivity index (χ4n) is 2.32. The Morgan fingerprint density at radius 3 is 2.08 bits per heavy atom. The molecule has 8 nitrogen and oxygen atoms in total. The van der Waals surface area contributed by atoms with Gasteiger partial charge in [-0.2, -0.15) is 0 Å². The van der Waals surface area contributed by atoms with Crippen LogP contribution in [0.5, 0.6) is 5.75 Å². The molecule has 0 aliphatic heterocycles. The van der Waals surface area contributed by atoms with E-state index in [-0.39, 0.29) is 28.1 Å². The zero-order chi connectivity index (χ0) is 19.5. The Labute approximate surface area is 150 Å². The maximum atomic E-state index is 12.4. The molecule has 0 unspecified atom stereocenters. The van der Waals surface area contributed by atoms with Crippen molar-refractivity contribution >= 4 is 22.0 Å². The molecule has 0 aromatic heterocycles. The summed E-state index contributed by atoms with van der Waals surface area (Å²) in [5.74, 6) is -2.06. The molecule has 9 heteroatoms. The van der Waals surface area contributed by atoms with Gasteiger partial charge in [0, 0.05) is 6.54 Å². The summed E-state index contributed by atoms with van der Waals surface area (Å²) < 4.78 is 32.2. The summed E-state index contributed by atoms with van der Waals surface area (Å²) in [6, 6.07) is 7.79.